The molecule has 200 valence electrons. The fourth-order valence-electron chi connectivity index (χ4n) is 4.34. The van der Waals surface area contributed by atoms with Gasteiger partial charge < -0.3 is 14.6 Å². The Morgan fingerprint density at radius 2 is 1.72 bits per heavy atom. The van der Waals surface area contributed by atoms with Crippen molar-refractivity contribution in [1.82, 2.24) is 15.3 Å². The Bertz CT molecular complexity index is 1500. The van der Waals surface area contributed by atoms with E-state index in [9.17, 15) is 19.7 Å². The largest absolute Gasteiger partial charge is 0.450 e. The first-order chi connectivity index (χ1) is 18.9. The van der Waals surface area contributed by atoms with Gasteiger partial charge in [-0.15, -0.1) is 0 Å². The molecule has 1 heterocycles. The van der Waals surface area contributed by atoms with Crippen molar-refractivity contribution in [1.29, 1.82) is 0 Å². The second-order valence-electron chi connectivity index (χ2n) is 8.87. The van der Waals surface area contributed by atoms with E-state index < -0.39 is 23.0 Å². The van der Waals surface area contributed by atoms with Crippen molar-refractivity contribution in [2.24, 2.45) is 5.10 Å². The van der Waals surface area contributed by atoms with Crippen LogP contribution in [0.3, 0.4) is 0 Å². The molecule has 0 aliphatic carbocycles. The fraction of sp³-hybridized carbons (Fsp3) is 0.207. The van der Waals surface area contributed by atoms with Crippen LogP contribution in [-0.4, -0.2) is 40.4 Å². The molecule has 3 aromatic carbocycles. The molecule has 39 heavy (non-hydrogen) atoms. The zero-order chi connectivity index (χ0) is 27.8. The van der Waals surface area contributed by atoms with E-state index in [-0.39, 0.29) is 18.7 Å². The van der Waals surface area contributed by atoms with Crippen molar-refractivity contribution in [3.05, 3.63) is 111 Å². The van der Waals surface area contributed by atoms with Crippen LogP contribution >= 0.6 is 0 Å². The lowest BCUT2D eigenvalue weighted by Gasteiger charge is -2.16. The van der Waals surface area contributed by atoms with Crippen molar-refractivity contribution in [3.8, 4) is 0 Å². The molecule has 0 radical (unpaired) electrons. The van der Waals surface area contributed by atoms with Gasteiger partial charge in [0.05, 0.1) is 17.7 Å². The van der Waals surface area contributed by atoms with Gasteiger partial charge in [-0.3, -0.25) is 14.9 Å². The number of nitro groups is 1. The van der Waals surface area contributed by atoms with Crippen molar-refractivity contribution in [2.75, 3.05) is 6.61 Å². The maximum atomic E-state index is 13.0. The van der Waals surface area contributed by atoms with Gasteiger partial charge in [0.25, 0.3) is 11.6 Å². The van der Waals surface area contributed by atoms with Gasteiger partial charge in [-0.25, -0.2) is 10.2 Å². The molecule has 0 spiro atoms. The quantitative estimate of drug-likeness (QED) is 0.175. The summed E-state index contributed by atoms with van der Waals surface area (Å²) in [6, 6.07) is 22.8. The van der Waals surface area contributed by atoms with Gasteiger partial charge in [0.2, 0.25) is 0 Å². The second kappa shape index (κ2) is 12.5. The molecule has 2 N–H and O–H groups in total. The minimum Gasteiger partial charge on any atom is -0.450 e. The number of nitrogens with one attached hydrogen (secondary N) is 2. The standard InChI is InChI=1S/C29H29N5O5/c1-3-39-29(36)31-26(17-21-9-5-4-6-10-21)28(35)32-30-18-25-20(2)33(27-12-8-7-11-24(25)27)19-22-13-15-23(16-14-22)34(37)38/h4-16,18,26H,3,17,19H2,1-2H3,(H,31,36)(H,32,35)/b30-18-/t26-/m0/s1. The van der Waals surface area contributed by atoms with Crippen LogP contribution in [0.5, 0.6) is 0 Å². The number of carbonyl (C=O) groups is 2. The number of rotatable bonds is 10. The number of amides is 2. The van der Waals surface area contributed by atoms with E-state index >= 15 is 0 Å². The Balaban J connectivity index is 1.54. The Kier molecular flexibility index (Phi) is 8.67. The van der Waals surface area contributed by atoms with Crippen molar-refractivity contribution < 1.29 is 19.2 Å². The highest BCUT2D eigenvalue weighted by Crippen LogP contribution is 2.26. The third kappa shape index (κ3) is 6.67. The Morgan fingerprint density at radius 1 is 1.03 bits per heavy atom. The average molecular weight is 528 g/mol. The predicted octanol–water partition coefficient (Wildman–Crippen LogP) is 4.71. The topological polar surface area (TPSA) is 128 Å². The Morgan fingerprint density at radius 3 is 2.41 bits per heavy atom. The number of hydrogen-bond acceptors (Lipinski definition) is 6. The molecule has 0 bridgehead atoms. The second-order valence-corrected chi connectivity index (χ2v) is 8.87. The number of hydrogen-bond donors (Lipinski definition) is 2. The molecule has 1 aromatic heterocycles. The van der Waals surface area contributed by atoms with Crippen LogP contribution in [0.25, 0.3) is 10.9 Å². The minimum atomic E-state index is -0.881. The monoisotopic (exact) mass is 527 g/mol. The van der Waals surface area contributed by atoms with E-state index in [4.69, 9.17) is 4.74 Å². The molecule has 0 aliphatic heterocycles. The number of aromatic nitrogens is 1. The van der Waals surface area contributed by atoms with E-state index in [1.165, 1.54) is 12.1 Å². The molecule has 0 unspecified atom stereocenters. The third-order valence-corrected chi connectivity index (χ3v) is 6.30. The van der Waals surface area contributed by atoms with Crippen LogP contribution in [0.2, 0.25) is 0 Å². The van der Waals surface area contributed by atoms with Gasteiger partial charge in [-0.2, -0.15) is 5.10 Å². The minimum absolute atomic E-state index is 0.0411. The summed E-state index contributed by atoms with van der Waals surface area (Å²) in [5.74, 6) is -0.476. The summed E-state index contributed by atoms with van der Waals surface area (Å²) < 4.78 is 7.06. The number of ether oxygens (including phenoxy) is 1. The van der Waals surface area contributed by atoms with Crippen LogP contribution in [0, 0.1) is 17.0 Å². The lowest BCUT2D eigenvalue weighted by Crippen LogP contribution is -2.47. The summed E-state index contributed by atoms with van der Waals surface area (Å²) in [6.07, 6.45) is 1.18. The number of non-ortho nitro benzene ring substituents is 1. The van der Waals surface area contributed by atoms with Crippen molar-refractivity contribution in [3.63, 3.8) is 0 Å². The Hall–Kier alpha value is -4.99. The van der Waals surface area contributed by atoms with Crippen LogP contribution in [0.1, 0.15) is 29.3 Å². The number of alkyl carbamates (subject to hydrolysis) is 1. The lowest BCUT2D eigenvalue weighted by molar-refractivity contribution is -0.384. The van der Waals surface area contributed by atoms with Gasteiger partial charge >= 0.3 is 6.09 Å². The maximum Gasteiger partial charge on any atom is 0.407 e. The highest BCUT2D eigenvalue weighted by molar-refractivity contribution is 6.01. The number of para-hydroxylation sites is 1. The Labute approximate surface area is 225 Å². The summed E-state index contributed by atoms with van der Waals surface area (Å²) >= 11 is 0. The SMILES string of the molecule is CCOC(=O)N[C@@H](Cc1ccccc1)C(=O)N/N=C\c1c(C)n(Cc2ccc([N+](=O)[O-])cc2)c2ccccc12. The number of fused-ring (bicyclic) bond motifs is 1. The molecule has 0 saturated heterocycles. The molecule has 0 fully saturated rings. The molecule has 0 saturated carbocycles. The van der Waals surface area contributed by atoms with Gasteiger partial charge in [-0.1, -0.05) is 60.7 Å². The van der Waals surface area contributed by atoms with E-state index in [1.54, 1.807) is 25.3 Å². The van der Waals surface area contributed by atoms with E-state index in [2.05, 4.69) is 20.4 Å². The summed E-state index contributed by atoms with van der Waals surface area (Å²) in [6.45, 7) is 4.34. The number of nitro benzene ring substituents is 1. The van der Waals surface area contributed by atoms with E-state index in [0.29, 0.717) is 6.54 Å². The van der Waals surface area contributed by atoms with E-state index in [1.807, 2.05) is 61.5 Å². The van der Waals surface area contributed by atoms with Gasteiger partial charge in [0.15, 0.2) is 0 Å². The first-order valence-corrected chi connectivity index (χ1v) is 12.5. The van der Waals surface area contributed by atoms with Gasteiger partial charge in [0.1, 0.15) is 6.04 Å². The molecule has 10 nitrogen and oxygen atoms in total. The number of hydrazone groups is 1. The van der Waals surface area contributed by atoms with E-state index in [0.717, 1.165) is 33.3 Å². The molecule has 10 heteroatoms. The molecular formula is C29H29N5O5. The van der Waals surface area contributed by atoms with Gasteiger partial charge in [0, 0.05) is 47.3 Å². The van der Waals surface area contributed by atoms with Crippen LogP contribution in [0.4, 0.5) is 10.5 Å². The maximum absolute atomic E-state index is 13.0. The average Bonchev–Trinajstić information content (AvgIpc) is 3.19. The highest BCUT2D eigenvalue weighted by Gasteiger charge is 2.22. The molecule has 0 aliphatic rings. The summed E-state index contributed by atoms with van der Waals surface area (Å²) in [4.78, 5) is 35.6. The zero-order valence-electron chi connectivity index (χ0n) is 21.7. The first kappa shape index (κ1) is 27.1. The summed E-state index contributed by atoms with van der Waals surface area (Å²) in [5, 5.41) is 18.8. The molecular weight excluding hydrogens is 498 g/mol. The fourth-order valence-corrected chi connectivity index (χ4v) is 4.34. The first-order valence-electron chi connectivity index (χ1n) is 12.5. The van der Waals surface area contributed by atoms with Crippen molar-refractivity contribution >= 4 is 34.8 Å². The molecule has 2 amide bonds. The number of carbonyl (C=O) groups excluding carboxylic acids is 2. The van der Waals surface area contributed by atoms with Crippen molar-refractivity contribution in [2.45, 2.75) is 32.9 Å². The smallest absolute Gasteiger partial charge is 0.407 e. The lowest BCUT2D eigenvalue weighted by atomic mass is 10.1. The highest BCUT2D eigenvalue weighted by atomic mass is 16.6. The van der Waals surface area contributed by atoms with Gasteiger partial charge in [-0.05, 0) is 31.0 Å². The summed E-state index contributed by atoms with van der Waals surface area (Å²) in [5.41, 5.74) is 7.09. The molecule has 4 aromatic rings. The third-order valence-electron chi connectivity index (χ3n) is 6.30. The normalized spacial score (nSPS) is 11.8. The van der Waals surface area contributed by atoms with Crippen LogP contribution in [-0.2, 0) is 22.5 Å². The number of nitrogens with zero attached hydrogens (tertiary/aromatic N) is 3. The predicted molar refractivity (Wildman–Crippen MR) is 149 cm³/mol. The molecule has 4 rings (SSSR count). The molecule has 1 atom stereocenters. The van der Waals surface area contributed by atoms with Crippen LogP contribution in [0.15, 0.2) is 84.0 Å². The number of benzene rings is 3. The van der Waals surface area contributed by atoms with Crippen LogP contribution < -0.4 is 10.7 Å². The zero-order valence-corrected chi connectivity index (χ0v) is 21.7. The summed E-state index contributed by atoms with van der Waals surface area (Å²) in [7, 11) is 0.